The molecule has 2 rings (SSSR count). The topological polar surface area (TPSA) is 21.3 Å². The lowest BCUT2D eigenvalue weighted by molar-refractivity contribution is 0.289. The van der Waals surface area contributed by atoms with Gasteiger partial charge in [-0.05, 0) is 48.9 Å². The molecule has 1 aromatic carbocycles. The average Bonchev–Trinajstić information content (AvgIpc) is 2.38. The molecule has 1 aromatic rings. The van der Waals surface area contributed by atoms with Crippen LogP contribution in [0.2, 0.25) is 0 Å². The maximum atomic E-state index is 5.73. The predicted molar refractivity (Wildman–Crippen MR) is 85.1 cm³/mol. The van der Waals surface area contributed by atoms with Crippen LogP contribution in [-0.2, 0) is 6.54 Å². The van der Waals surface area contributed by atoms with Crippen molar-refractivity contribution in [3.8, 4) is 5.75 Å². The SMILES string of the molecule is CC(C)CCOc1ccc(CNCCC2CCC2)cc1. The van der Waals surface area contributed by atoms with Crippen LogP contribution in [0.5, 0.6) is 5.75 Å². The zero-order valence-electron chi connectivity index (χ0n) is 13.0. The molecule has 0 atom stereocenters. The van der Waals surface area contributed by atoms with E-state index in [9.17, 15) is 0 Å². The molecule has 0 spiro atoms. The van der Waals surface area contributed by atoms with E-state index >= 15 is 0 Å². The van der Waals surface area contributed by atoms with Gasteiger partial charge in [-0.25, -0.2) is 0 Å². The van der Waals surface area contributed by atoms with E-state index in [0.717, 1.165) is 37.8 Å². The summed E-state index contributed by atoms with van der Waals surface area (Å²) >= 11 is 0. The second-order valence-corrected chi connectivity index (χ2v) is 6.44. The van der Waals surface area contributed by atoms with Crippen LogP contribution in [0.3, 0.4) is 0 Å². The Morgan fingerprint density at radius 2 is 1.95 bits per heavy atom. The summed E-state index contributed by atoms with van der Waals surface area (Å²) in [6, 6.07) is 8.51. The van der Waals surface area contributed by atoms with Crippen molar-refractivity contribution in [2.75, 3.05) is 13.2 Å². The van der Waals surface area contributed by atoms with Crippen molar-refractivity contribution in [3.05, 3.63) is 29.8 Å². The summed E-state index contributed by atoms with van der Waals surface area (Å²) in [5, 5.41) is 3.54. The summed E-state index contributed by atoms with van der Waals surface area (Å²) in [6.07, 6.45) is 6.80. The summed E-state index contributed by atoms with van der Waals surface area (Å²) in [4.78, 5) is 0. The highest BCUT2D eigenvalue weighted by molar-refractivity contribution is 5.27. The van der Waals surface area contributed by atoms with Crippen LogP contribution in [0.1, 0.15) is 51.5 Å². The van der Waals surface area contributed by atoms with Crippen LogP contribution in [-0.4, -0.2) is 13.2 Å². The highest BCUT2D eigenvalue weighted by Gasteiger charge is 2.15. The molecular weight excluding hydrogens is 246 g/mol. The maximum absolute atomic E-state index is 5.73. The van der Waals surface area contributed by atoms with E-state index in [1.54, 1.807) is 0 Å². The quantitative estimate of drug-likeness (QED) is 0.675. The van der Waals surface area contributed by atoms with Gasteiger partial charge in [0, 0.05) is 6.54 Å². The lowest BCUT2D eigenvalue weighted by Crippen LogP contribution is -2.21. The first-order chi connectivity index (χ1) is 9.74. The number of rotatable bonds is 9. The number of benzene rings is 1. The number of hydrogen-bond acceptors (Lipinski definition) is 2. The van der Waals surface area contributed by atoms with Crippen LogP contribution in [0.25, 0.3) is 0 Å². The first-order valence-electron chi connectivity index (χ1n) is 8.16. The lowest BCUT2D eigenvalue weighted by atomic mass is 9.83. The first-order valence-corrected chi connectivity index (χ1v) is 8.16. The molecule has 0 bridgehead atoms. The van der Waals surface area contributed by atoms with Crippen LogP contribution in [0.4, 0.5) is 0 Å². The second kappa shape index (κ2) is 8.31. The van der Waals surface area contributed by atoms with Crippen molar-refractivity contribution in [3.63, 3.8) is 0 Å². The highest BCUT2D eigenvalue weighted by Crippen LogP contribution is 2.28. The third kappa shape index (κ3) is 5.54. The molecular formula is C18H29NO. The van der Waals surface area contributed by atoms with Crippen molar-refractivity contribution < 1.29 is 4.74 Å². The molecule has 112 valence electrons. The second-order valence-electron chi connectivity index (χ2n) is 6.44. The maximum Gasteiger partial charge on any atom is 0.119 e. The number of nitrogens with one attached hydrogen (secondary N) is 1. The van der Waals surface area contributed by atoms with Gasteiger partial charge in [0.1, 0.15) is 5.75 Å². The van der Waals surface area contributed by atoms with Gasteiger partial charge in [-0.15, -0.1) is 0 Å². The molecule has 0 aromatic heterocycles. The minimum absolute atomic E-state index is 0.703. The lowest BCUT2D eigenvalue weighted by Gasteiger charge is -2.25. The third-order valence-corrected chi connectivity index (χ3v) is 4.17. The zero-order chi connectivity index (χ0) is 14.2. The summed E-state index contributed by atoms with van der Waals surface area (Å²) in [5.74, 6) is 2.69. The van der Waals surface area contributed by atoms with Gasteiger partial charge >= 0.3 is 0 Å². The Hall–Kier alpha value is -1.02. The molecule has 0 amide bonds. The van der Waals surface area contributed by atoms with Gasteiger partial charge in [0.2, 0.25) is 0 Å². The molecule has 1 N–H and O–H groups in total. The van der Waals surface area contributed by atoms with Gasteiger partial charge in [-0.2, -0.15) is 0 Å². The fourth-order valence-electron chi connectivity index (χ4n) is 2.44. The summed E-state index contributed by atoms with van der Waals surface area (Å²) in [7, 11) is 0. The molecule has 20 heavy (non-hydrogen) atoms. The van der Waals surface area contributed by atoms with Crippen LogP contribution in [0.15, 0.2) is 24.3 Å². The first kappa shape index (κ1) is 15.4. The van der Waals surface area contributed by atoms with E-state index in [1.165, 1.54) is 31.2 Å². The Kier molecular flexibility index (Phi) is 6.38. The molecule has 2 nitrogen and oxygen atoms in total. The number of ether oxygens (including phenoxy) is 1. The van der Waals surface area contributed by atoms with E-state index in [1.807, 2.05) is 0 Å². The molecule has 0 radical (unpaired) electrons. The van der Waals surface area contributed by atoms with Gasteiger partial charge in [-0.1, -0.05) is 45.2 Å². The number of hydrogen-bond donors (Lipinski definition) is 1. The molecule has 0 unspecified atom stereocenters. The molecule has 1 fully saturated rings. The van der Waals surface area contributed by atoms with Crippen molar-refractivity contribution in [1.29, 1.82) is 0 Å². The average molecular weight is 275 g/mol. The third-order valence-electron chi connectivity index (χ3n) is 4.17. The van der Waals surface area contributed by atoms with Gasteiger partial charge in [0.05, 0.1) is 6.61 Å². The molecule has 0 heterocycles. The fourth-order valence-corrected chi connectivity index (χ4v) is 2.44. The molecule has 2 heteroatoms. The molecule has 1 saturated carbocycles. The molecule has 0 aliphatic heterocycles. The summed E-state index contributed by atoms with van der Waals surface area (Å²) in [5.41, 5.74) is 1.34. The van der Waals surface area contributed by atoms with Crippen LogP contribution < -0.4 is 10.1 Å². The molecule has 1 aliphatic carbocycles. The molecule has 0 saturated heterocycles. The smallest absolute Gasteiger partial charge is 0.119 e. The Morgan fingerprint density at radius 3 is 2.55 bits per heavy atom. The summed E-state index contributed by atoms with van der Waals surface area (Å²) < 4.78 is 5.73. The Balaban J connectivity index is 1.60. The van der Waals surface area contributed by atoms with Gasteiger partial charge in [-0.3, -0.25) is 0 Å². The zero-order valence-corrected chi connectivity index (χ0v) is 13.0. The Bertz CT molecular complexity index is 368. The van der Waals surface area contributed by atoms with Crippen molar-refractivity contribution in [2.24, 2.45) is 11.8 Å². The minimum Gasteiger partial charge on any atom is -0.494 e. The van der Waals surface area contributed by atoms with E-state index in [0.29, 0.717) is 5.92 Å². The van der Waals surface area contributed by atoms with E-state index < -0.39 is 0 Å². The van der Waals surface area contributed by atoms with Crippen molar-refractivity contribution in [2.45, 2.75) is 52.5 Å². The van der Waals surface area contributed by atoms with E-state index in [4.69, 9.17) is 4.74 Å². The normalized spacial score (nSPS) is 15.3. The van der Waals surface area contributed by atoms with E-state index in [2.05, 4.69) is 43.4 Å². The van der Waals surface area contributed by atoms with Gasteiger partial charge in [0.25, 0.3) is 0 Å². The van der Waals surface area contributed by atoms with Crippen LogP contribution in [0, 0.1) is 11.8 Å². The largest absolute Gasteiger partial charge is 0.494 e. The van der Waals surface area contributed by atoms with Crippen molar-refractivity contribution >= 4 is 0 Å². The Morgan fingerprint density at radius 1 is 1.20 bits per heavy atom. The standard InChI is InChI=1S/C18H29NO/c1-15(2)11-13-20-18-8-6-17(7-9-18)14-19-12-10-16-4-3-5-16/h6-9,15-16,19H,3-5,10-14H2,1-2H3. The highest BCUT2D eigenvalue weighted by atomic mass is 16.5. The van der Waals surface area contributed by atoms with Gasteiger partial charge < -0.3 is 10.1 Å². The van der Waals surface area contributed by atoms with Crippen LogP contribution >= 0.6 is 0 Å². The van der Waals surface area contributed by atoms with Gasteiger partial charge in [0.15, 0.2) is 0 Å². The molecule has 1 aliphatic rings. The monoisotopic (exact) mass is 275 g/mol. The summed E-state index contributed by atoms with van der Waals surface area (Å²) in [6.45, 7) is 7.39. The Labute approximate surface area is 123 Å². The predicted octanol–water partition coefficient (Wildman–Crippen LogP) is 4.39. The van der Waals surface area contributed by atoms with Crippen molar-refractivity contribution in [1.82, 2.24) is 5.32 Å². The fraction of sp³-hybridized carbons (Fsp3) is 0.667. The minimum atomic E-state index is 0.703. The van der Waals surface area contributed by atoms with E-state index in [-0.39, 0.29) is 0 Å².